The zero-order valence-corrected chi connectivity index (χ0v) is 18.9. The number of ether oxygens (including phenoxy) is 2. The first-order valence-corrected chi connectivity index (χ1v) is 12.4. The van der Waals surface area contributed by atoms with Crippen molar-refractivity contribution in [3.8, 4) is 11.5 Å². The minimum atomic E-state index is -3.60. The SMILES string of the molecule is O=C(NCC(=O)N1CCN(S(=O)(=O)c2ccc3c(c2)CCC3)CC1)c1ccc2c(c1)OCO2. The van der Waals surface area contributed by atoms with E-state index < -0.39 is 10.0 Å². The van der Waals surface area contributed by atoms with Gasteiger partial charge in [0.25, 0.3) is 5.91 Å². The van der Waals surface area contributed by atoms with Gasteiger partial charge in [0.2, 0.25) is 22.7 Å². The van der Waals surface area contributed by atoms with Crippen molar-refractivity contribution in [2.45, 2.75) is 24.2 Å². The standard InChI is InChI=1S/C23H25N3O6S/c27-22(14-24-23(28)18-5-7-20-21(13-18)32-15-31-20)25-8-10-26(11-9-25)33(29,30)19-6-4-16-2-1-3-17(16)12-19/h4-7,12-13H,1-3,8-11,14-15H2,(H,24,28). The molecule has 5 rings (SSSR count). The number of nitrogens with one attached hydrogen (secondary N) is 1. The Kier molecular flexibility index (Phi) is 5.71. The highest BCUT2D eigenvalue weighted by Gasteiger charge is 2.31. The van der Waals surface area contributed by atoms with Gasteiger partial charge in [0.1, 0.15) is 0 Å². The van der Waals surface area contributed by atoms with Crippen molar-refractivity contribution < 1.29 is 27.5 Å². The van der Waals surface area contributed by atoms with Crippen LogP contribution in [0.25, 0.3) is 0 Å². The van der Waals surface area contributed by atoms with Gasteiger partial charge in [-0.1, -0.05) is 6.07 Å². The zero-order chi connectivity index (χ0) is 23.0. The monoisotopic (exact) mass is 471 g/mol. The second-order valence-corrected chi connectivity index (χ2v) is 10.3. The average Bonchev–Trinajstić information content (AvgIpc) is 3.50. The number of piperazine rings is 1. The molecule has 174 valence electrons. The van der Waals surface area contributed by atoms with Crippen LogP contribution < -0.4 is 14.8 Å². The Labute approximate surface area is 192 Å². The molecular weight excluding hydrogens is 446 g/mol. The van der Waals surface area contributed by atoms with Gasteiger partial charge in [0.15, 0.2) is 11.5 Å². The summed E-state index contributed by atoms with van der Waals surface area (Å²) in [5.41, 5.74) is 2.72. The van der Waals surface area contributed by atoms with Crippen molar-refractivity contribution in [3.63, 3.8) is 0 Å². The number of carbonyl (C=O) groups excluding carboxylic acids is 2. The summed E-state index contributed by atoms with van der Waals surface area (Å²) in [6.45, 7) is 0.965. The molecule has 0 radical (unpaired) electrons. The highest BCUT2D eigenvalue weighted by atomic mass is 32.2. The van der Waals surface area contributed by atoms with E-state index in [-0.39, 0.29) is 51.3 Å². The first kappa shape index (κ1) is 21.7. The van der Waals surface area contributed by atoms with E-state index in [1.54, 1.807) is 35.2 Å². The third-order valence-corrected chi connectivity index (χ3v) is 8.23. The van der Waals surface area contributed by atoms with Gasteiger partial charge < -0.3 is 19.7 Å². The molecule has 0 bridgehead atoms. The molecule has 1 fully saturated rings. The van der Waals surface area contributed by atoms with E-state index in [0.717, 1.165) is 24.8 Å². The first-order chi connectivity index (χ1) is 15.9. The average molecular weight is 472 g/mol. The molecule has 9 nitrogen and oxygen atoms in total. The predicted molar refractivity (Wildman–Crippen MR) is 119 cm³/mol. The van der Waals surface area contributed by atoms with E-state index >= 15 is 0 Å². The maximum atomic E-state index is 13.1. The molecule has 0 atom stereocenters. The van der Waals surface area contributed by atoms with Crippen molar-refractivity contribution in [1.82, 2.24) is 14.5 Å². The predicted octanol–water partition coefficient (Wildman–Crippen LogP) is 1.17. The number of aryl methyl sites for hydroxylation is 2. The second kappa shape index (κ2) is 8.68. The number of hydrogen-bond donors (Lipinski definition) is 1. The summed E-state index contributed by atoms with van der Waals surface area (Å²) in [5, 5.41) is 2.62. The van der Waals surface area contributed by atoms with Crippen LogP contribution in [0.4, 0.5) is 0 Å². The summed E-state index contributed by atoms with van der Waals surface area (Å²) >= 11 is 0. The van der Waals surface area contributed by atoms with Gasteiger partial charge >= 0.3 is 0 Å². The highest BCUT2D eigenvalue weighted by Crippen LogP contribution is 2.32. The molecule has 10 heteroatoms. The molecule has 0 unspecified atom stereocenters. The molecule has 2 aliphatic heterocycles. The van der Waals surface area contributed by atoms with Gasteiger partial charge in [0, 0.05) is 31.7 Å². The van der Waals surface area contributed by atoms with Gasteiger partial charge in [-0.05, 0) is 60.7 Å². The van der Waals surface area contributed by atoms with Crippen LogP contribution in [0.2, 0.25) is 0 Å². The van der Waals surface area contributed by atoms with Crippen molar-refractivity contribution in [2.75, 3.05) is 39.5 Å². The summed E-state index contributed by atoms with van der Waals surface area (Å²) < 4.78 is 38.1. The van der Waals surface area contributed by atoms with E-state index in [1.807, 2.05) is 6.07 Å². The van der Waals surface area contributed by atoms with Crippen LogP contribution in [0.1, 0.15) is 27.9 Å². The summed E-state index contributed by atoms with van der Waals surface area (Å²) in [6.07, 6.45) is 2.98. The van der Waals surface area contributed by atoms with Gasteiger partial charge in [-0.2, -0.15) is 4.31 Å². The van der Waals surface area contributed by atoms with Crippen molar-refractivity contribution in [3.05, 3.63) is 53.1 Å². The van der Waals surface area contributed by atoms with Gasteiger partial charge in [-0.25, -0.2) is 8.42 Å². The molecule has 33 heavy (non-hydrogen) atoms. The summed E-state index contributed by atoms with van der Waals surface area (Å²) in [4.78, 5) is 26.9. The third kappa shape index (κ3) is 4.28. The summed E-state index contributed by atoms with van der Waals surface area (Å²) in [7, 11) is -3.60. The van der Waals surface area contributed by atoms with Gasteiger partial charge in [-0.15, -0.1) is 0 Å². The topological polar surface area (TPSA) is 105 Å². The molecule has 3 aliphatic rings. The number of carbonyl (C=O) groups is 2. The smallest absolute Gasteiger partial charge is 0.251 e. The van der Waals surface area contributed by atoms with Crippen LogP contribution >= 0.6 is 0 Å². The summed E-state index contributed by atoms with van der Waals surface area (Å²) in [6, 6.07) is 10.2. The molecule has 1 saturated heterocycles. The number of amides is 2. The quantitative estimate of drug-likeness (QED) is 0.702. The lowest BCUT2D eigenvalue weighted by Gasteiger charge is -2.34. The number of hydrogen-bond acceptors (Lipinski definition) is 6. The second-order valence-electron chi connectivity index (χ2n) is 8.32. The van der Waals surface area contributed by atoms with Crippen LogP contribution in [0.5, 0.6) is 11.5 Å². The Morgan fingerprint density at radius 1 is 0.909 bits per heavy atom. The molecule has 0 saturated carbocycles. The Hall–Kier alpha value is -3.11. The minimum absolute atomic E-state index is 0.118. The molecule has 0 aromatic heterocycles. The van der Waals surface area contributed by atoms with Crippen LogP contribution in [0, 0.1) is 0 Å². The van der Waals surface area contributed by atoms with Crippen molar-refractivity contribution in [2.24, 2.45) is 0 Å². The maximum Gasteiger partial charge on any atom is 0.251 e. The van der Waals surface area contributed by atoms with E-state index in [0.29, 0.717) is 22.0 Å². The molecule has 2 heterocycles. The fourth-order valence-corrected chi connectivity index (χ4v) is 5.92. The molecule has 2 aromatic rings. The molecule has 1 aliphatic carbocycles. The van der Waals surface area contributed by atoms with Gasteiger partial charge in [-0.3, -0.25) is 9.59 Å². The molecule has 2 aromatic carbocycles. The first-order valence-electron chi connectivity index (χ1n) is 11.0. The van der Waals surface area contributed by atoms with E-state index in [1.165, 1.54) is 9.87 Å². The fraction of sp³-hybridized carbons (Fsp3) is 0.391. The molecule has 1 N–H and O–H groups in total. The maximum absolute atomic E-state index is 13.1. The van der Waals surface area contributed by atoms with Gasteiger partial charge in [0.05, 0.1) is 11.4 Å². The zero-order valence-electron chi connectivity index (χ0n) is 18.1. The van der Waals surface area contributed by atoms with Crippen LogP contribution in [-0.2, 0) is 27.7 Å². The Morgan fingerprint density at radius 2 is 1.67 bits per heavy atom. The Morgan fingerprint density at radius 3 is 2.48 bits per heavy atom. The number of sulfonamides is 1. The third-order valence-electron chi connectivity index (χ3n) is 6.33. The van der Waals surface area contributed by atoms with E-state index in [2.05, 4.69) is 5.32 Å². The van der Waals surface area contributed by atoms with Crippen LogP contribution in [-0.4, -0.2) is 69.0 Å². The number of fused-ring (bicyclic) bond motifs is 2. The van der Waals surface area contributed by atoms with Crippen LogP contribution in [0.3, 0.4) is 0 Å². The lowest BCUT2D eigenvalue weighted by atomic mass is 10.1. The highest BCUT2D eigenvalue weighted by molar-refractivity contribution is 7.89. The van der Waals surface area contributed by atoms with E-state index in [4.69, 9.17) is 9.47 Å². The number of rotatable bonds is 5. The summed E-state index contributed by atoms with van der Waals surface area (Å²) in [5.74, 6) is 0.433. The molecular formula is C23H25N3O6S. The Bertz CT molecular complexity index is 1200. The van der Waals surface area contributed by atoms with Crippen molar-refractivity contribution in [1.29, 1.82) is 0 Å². The number of benzene rings is 2. The minimum Gasteiger partial charge on any atom is -0.454 e. The normalized spacial score (nSPS) is 17.6. The van der Waals surface area contributed by atoms with E-state index in [9.17, 15) is 18.0 Å². The number of nitrogens with zero attached hydrogens (tertiary/aromatic N) is 2. The lowest BCUT2D eigenvalue weighted by molar-refractivity contribution is -0.131. The van der Waals surface area contributed by atoms with Crippen molar-refractivity contribution >= 4 is 21.8 Å². The molecule has 2 amide bonds. The lowest BCUT2D eigenvalue weighted by Crippen LogP contribution is -2.52. The van der Waals surface area contributed by atoms with Crippen LogP contribution in [0.15, 0.2) is 41.3 Å². The fourth-order valence-electron chi connectivity index (χ4n) is 4.44. The molecule has 0 spiro atoms. The Balaban J connectivity index is 1.14. The largest absolute Gasteiger partial charge is 0.454 e.